The normalized spacial score (nSPS) is 16.2. The number of anilines is 1. The molecular formula is C15H23N3O2. The first-order chi connectivity index (χ1) is 9.43. The zero-order valence-corrected chi connectivity index (χ0v) is 12.4. The molecule has 1 heterocycles. The predicted molar refractivity (Wildman–Crippen MR) is 80.1 cm³/mol. The monoisotopic (exact) mass is 277 g/mol. The smallest absolute Gasteiger partial charge is 0.242 e. The quantitative estimate of drug-likeness (QED) is 0.898. The van der Waals surface area contributed by atoms with Crippen LogP contribution in [0.15, 0.2) is 24.3 Å². The number of amides is 1. The average molecular weight is 277 g/mol. The molecule has 2 N–H and O–H groups in total. The number of carbonyl (C=O) groups excluding carboxylic acids is 1. The predicted octanol–water partition coefficient (Wildman–Crippen LogP) is 1.08. The van der Waals surface area contributed by atoms with Crippen LogP contribution in [-0.4, -0.2) is 49.6 Å². The van der Waals surface area contributed by atoms with Gasteiger partial charge in [0, 0.05) is 26.2 Å². The fourth-order valence-corrected chi connectivity index (χ4v) is 2.45. The van der Waals surface area contributed by atoms with Gasteiger partial charge in [-0.2, -0.15) is 0 Å². The molecule has 20 heavy (non-hydrogen) atoms. The Labute approximate surface area is 120 Å². The highest BCUT2D eigenvalue weighted by molar-refractivity contribution is 5.85. The zero-order chi connectivity index (χ0) is 14.8. The van der Waals surface area contributed by atoms with Gasteiger partial charge in [0.15, 0.2) is 0 Å². The summed E-state index contributed by atoms with van der Waals surface area (Å²) in [6, 6.07) is 7.95. The minimum atomic E-state index is -0.799. The molecule has 5 heteroatoms. The number of para-hydroxylation sites is 2. The summed E-state index contributed by atoms with van der Waals surface area (Å²) in [7, 11) is 1.68. The standard InChI is InChI=1S/C15H23N3O2/c1-15(2,16)14(19)18-10-8-17(9-11-18)12-6-4-5-7-13(12)20-3/h4-7H,8-11,16H2,1-3H3. The van der Waals surface area contributed by atoms with Crippen molar-refractivity contribution in [3.8, 4) is 5.75 Å². The van der Waals surface area contributed by atoms with Crippen LogP contribution in [0.2, 0.25) is 0 Å². The summed E-state index contributed by atoms with van der Waals surface area (Å²) in [6.07, 6.45) is 0. The minimum Gasteiger partial charge on any atom is -0.495 e. The van der Waals surface area contributed by atoms with Crippen molar-refractivity contribution in [1.29, 1.82) is 0 Å². The Morgan fingerprint density at radius 3 is 2.35 bits per heavy atom. The molecule has 1 aliphatic rings. The van der Waals surface area contributed by atoms with Gasteiger partial charge in [-0.05, 0) is 26.0 Å². The summed E-state index contributed by atoms with van der Waals surface area (Å²) in [4.78, 5) is 16.2. The Bertz CT molecular complexity index is 474. The summed E-state index contributed by atoms with van der Waals surface area (Å²) < 4.78 is 5.38. The Kier molecular flexibility index (Phi) is 4.18. The maximum Gasteiger partial charge on any atom is 0.242 e. The van der Waals surface area contributed by atoms with Gasteiger partial charge in [-0.1, -0.05) is 12.1 Å². The highest BCUT2D eigenvalue weighted by atomic mass is 16.5. The van der Waals surface area contributed by atoms with Crippen molar-refractivity contribution in [1.82, 2.24) is 4.90 Å². The van der Waals surface area contributed by atoms with E-state index in [-0.39, 0.29) is 5.91 Å². The van der Waals surface area contributed by atoms with Crippen LogP contribution in [0.3, 0.4) is 0 Å². The van der Waals surface area contributed by atoms with Crippen LogP contribution in [-0.2, 0) is 4.79 Å². The summed E-state index contributed by atoms with van der Waals surface area (Å²) >= 11 is 0. The second kappa shape index (κ2) is 5.71. The molecule has 0 atom stereocenters. The van der Waals surface area contributed by atoms with E-state index in [1.807, 2.05) is 29.2 Å². The van der Waals surface area contributed by atoms with E-state index in [1.54, 1.807) is 21.0 Å². The van der Waals surface area contributed by atoms with Crippen LogP contribution >= 0.6 is 0 Å². The van der Waals surface area contributed by atoms with Crippen molar-refractivity contribution in [3.05, 3.63) is 24.3 Å². The van der Waals surface area contributed by atoms with E-state index < -0.39 is 5.54 Å². The molecule has 0 aromatic heterocycles. The van der Waals surface area contributed by atoms with E-state index in [1.165, 1.54) is 0 Å². The van der Waals surface area contributed by atoms with Crippen molar-refractivity contribution >= 4 is 11.6 Å². The number of benzene rings is 1. The Morgan fingerprint density at radius 1 is 1.20 bits per heavy atom. The van der Waals surface area contributed by atoms with Crippen LogP contribution in [0, 0.1) is 0 Å². The van der Waals surface area contributed by atoms with Crippen molar-refractivity contribution in [2.24, 2.45) is 5.73 Å². The average Bonchev–Trinajstić information content (AvgIpc) is 2.45. The third-order valence-electron chi connectivity index (χ3n) is 3.54. The lowest BCUT2D eigenvalue weighted by molar-refractivity contribution is -0.136. The number of nitrogens with zero attached hydrogens (tertiary/aromatic N) is 2. The van der Waals surface area contributed by atoms with Crippen LogP contribution in [0.1, 0.15) is 13.8 Å². The molecule has 0 aliphatic carbocycles. The molecule has 1 aromatic carbocycles. The highest BCUT2D eigenvalue weighted by Gasteiger charge is 2.30. The van der Waals surface area contributed by atoms with Crippen LogP contribution in [0.4, 0.5) is 5.69 Å². The van der Waals surface area contributed by atoms with E-state index >= 15 is 0 Å². The van der Waals surface area contributed by atoms with Gasteiger partial charge in [-0.3, -0.25) is 4.79 Å². The van der Waals surface area contributed by atoms with Gasteiger partial charge in [0.25, 0.3) is 0 Å². The van der Waals surface area contributed by atoms with E-state index in [0.29, 0.717) is 13.1 Å². The number of hydrogen-bond acceptors (Lipinski definition) is 4. The van der Waals surface area contributed by atoms with E-state index in [2.05, 4.69) is 4.90 Å². The van der Waals surface area contributed by atoms with Gasteiger partial charge in [0.05, 0.1) is 18.3 Å². The Morgan fingerprint density at radius 2 is 1.80 bits per heavy atom. The lowest BCUT2D eigenvalue weighted by atomic mass is 10.0. The van der Waals surface area contributed by atoms with Crippen LogP contribution in [0.25, 0.3) is 0 Å². The molecule has 0 radical (unpaired) electrons. The second-order valence-corrected chi connectivity index (χ2v) is 5.67. The summed E-state index contributed by atoms with van der Waals surface area (Å²) in [6.45, 7) is 6.48. The summed E-state index contributed by atoms with van der Waals surface area (Å²) in [5.74, 6) is 0.878. The second-order valence-electron chi connectivity index (χ2n) is 5.67. The number of piperazine rings is 1. The van der Waals surface area contributed by atoms with E-state index in [9.17, 15) is 4.79 Å². The third-order valence-corrected chi connectivity index (χ3v) is 3.54. The number of methoxy groups -OCH3 is 1. The lowest BCUT2D eigenvalue weighted by Gasteiger charge is -2.38. The van der Waals surface area contributed by atoms with Gasteiger partial charge in [0.2, 0.25) is 5.91 Å². The van der Waals surface area contributed by atoms with Crippen LogP contribution < -0.4 is 15.4 Å². The Hall–Kier alpha value is -1.75. The molecule has 110 valence electrons. The van der Waals surface area contributed by atoms with Gasteiger partial charge in [-0.25, -0.2) is 0 Å². The SMILES string of the molecule is COc1ccccc1N1CCN(C(=O)C(C)(C)N)CC1. The number of nitrogens with two attached hydrogens (primary N) is 1. The molecule has 0 saturated carbocycles. The van der Waals surface area contributed by atoms with Gasteiger partial charge in [-0.15, -0.1) is 0 Å². The highest BCUT2D eigenvalue weighted by Crippen LogP contribution is 2.28. The fraction of sp³-hybridized carbons (Fsp3) is 0.533. The molecule has 2 rings (SSSR count). The molecule has 1 aliphatic heterocycles. The van der Waals surface area contributed by atoms with Crippen molar-refractivity contribution in [2.45, 2.75) is 19.4 Å². The van der Waals surface area contributed by atoms with Crippen LogP contribution in [0.5, 0.6) is 5.75 Å². The molecule has 1 saturated heterocycles. The third kappa shape index (κ3) is 3.04. The first-order valence-electron chi connectivity index (χ1n) is 6.89. The first kappa shape index (κ1) is 14.7. The summed E-state index contributed by atoms with van der Waals surface area (Å²) in [5, 5.41) is 0. The topological polar surface area (TPSA) is 58.8 Å². The molecule has 1 fully saturated rings. The minimum absolute atomic E-state index is 0.0113. The number of hydrogen-bond donors (Lipinski definition) is 1. The Balaban J connectivity index is 2.03. The van der Waals surface area contributed by atoms with Gasteiger partial charge >= 0.3 is 0 Å². The van der Waals surface area contributed by atoms with Crippen molar-refractivity contribution in [2.75, 3.05) is 38.2 Å². The largest absolute Gasteiger partial charge is 0.495 e. The lowest BCUT2D eigenvalue weighted by Crippen LogP contribution is -2.57. The number of rotatable bonds is 3. The van der Waals surface area contributed by atoms with Gasteiger partial charge in [0.1, 0.15) is 5.75 Å². The number of carbonyl (C=O) groups is 1. The zero-order valence-electron chi connectivity index (χ0n) is 12.4. The maximum atomic E-state index is 12.1. The maximum absolute atomic E-state index is 12.1. The first-order valence-corrected chi connectivity index (χ1v) is 6.89. The van der Waals surface area contributed by atoms with Crippen molar-refractivity contribution < 1.29 is 9.53 Å². The fourth-order valence-electron chi connectivity index (χ4n) is 2.45. The molecule has 5 nitrogen and oxygen atoms in total. The molecular weight excluding hydrogens is 254 g/mol. The molecule has 1 aromatic rings. The van der Waals surface area contributed by atoms with E-state index in [0.717, 1.165) is 24.5 Å². The molecule has 1 amide bonds. The molecule has 0 spiro atoms. The molecule has 0 unspecified atom stereocenters. The number of ether oxygens (including phenoxy) is 1. The summed E-state index contributed by atoms with van der Waals surface area (Å²) in [5.41, 5.74) is 6.16. The van der Waals surface area contributed by atoms with Crippen molar-refractivity contribution in [3.63, 3.8) is 0 Å². The van der Waals surface area contributed by atoms with Gasteiger partial charge < -0.3 is 20.3 Å². The molecule has 0 bridgehead atoms. The van der Waals surface area contributed by atoms with E-state index in [4.69, 9.17) is 10.5 Å².